The van der Waals surface area contributed by atoms with Crippen LogP contribution in [0.3, 0.4) is 0 Å². The fourth-order valence-corrected chi connectivity index (χ4v) is 2.33. The minimum Gasteiger partial charge on any atom is -0.352 e. The Balaban J connectivity index is 1.99. The summed E-state index contributed by atoms with van der Waals surface area (Å²) in [6.45, 7) is 1.46. The van der Waals surface area contributed by atoms with Gasteiger partial charge < -0.3 is 15.5 Å². The van der Waals surface area contributed by atoms with E-state index < -0.39 is 5.91 Å². The van der Waals surface area contributed by atoms with E-state index in [1.54, 1.807) is 30.3 Å². The predicted molar refractivity (Wildman–Crippen MR) is 99.1 cm³/mol. The molecule has 2 amide bonds. The van der Waals surface area contributed by atoms with Crippen LogP contribution in [0.15, 0.2) is 42.6 Å². The van der Waals surface area contributed by atoms with Crippen LogP contribution in [-0.4, -0.2) is 48.9 Å². The lowest BCUT2D eigenvalue weighted by molar-refractivity contribution is 0.0952. The maximum Gasteiger partial charge on any atom is 0.274 e. The van der Waals surface area contributed by atoms with Crippen molar-refractivity contribution in [1.82, 2.24) is 15.2 Å². The number of carbonyl (C=O) groups excluding carboxylic acids is 2. The molecule has 2 rings (SSSR count). The van der Waals surface area contributed by atoms with Crippen LogP contribution in [0.25, 0.3) is 0 Å². The molecule has 0 saturated heterocycles. The van der Waals surface area contributed by atoms with Crippen molar-refractivity contribution in [2.75, 3.05) is 32.5 Å². The van der Waals surface area contributed by atoms with Gasteiger partial charge in [-0.15, -0.1) is 0 Å². The van der Waals surface area contributed by atoms with Gasteiger partial charge in [-0.3, -0.25) is 14.6 Å². The molecule has 7 heteroatoms. The van der Waals surface area contributed by atoms with Gasteiger partial charge in [0, 0.05) is 18.3 Å². The fraction of sp³-hybridized carbons (Fsp3) is 0.278. The molecule has 0 unspecified atom stereocenters. The Bertz CT molecular complexity index is 749. The van der Waals surface area contributed by atoms with Crippen LogP contribution in [-0.2, 0) is 0 Å². The Morgan fingerprint density at radius 3 is 2.64 bits per heavy atom. The number of halogens is 1. The van der Waals surface area contributed by atoms with E-state index in [0.29, 0.717) is 22.8 Å². The second kappa shape index (κ2) is 9.15. The van der Waals surface area contributed by atoms with E-state index in [1.807, 2.05) is 14.1 Å². The normalized spacial score (nSPS) is 10.6. The zero-order valence-electron chi connectivity index (χ0n) is 14.3. The monoisotopic (exact) mass is 360 g/mol. The number of rotatable bonds is 7. The Morgan fingerprint density at radius 2 is 1.92 bits per heavy atom. The average molecular weight is 361 g/mol. The molecule has 0 saturated carbocycles. The highest BCUT2D eigenvalue weighted by Gasteiger charge is 2.13. The van der Waals surface area contributed by atoms with Crippen LogP contribution in [0.2, 0.25) is 5.02 Å². The third-order valence-electron chi connectivity index (χ3n) is 3.44. The van der Waals surface area contributed by atoms with Crippen molar-refractivity contribution < 1.29 is 9.59 Å². The van der Waals surface area contributed by atoms with E-state index in [1.165, 1.54) is 12.3 Å². The zero-order valence-corrected chi connectivity index (χ0v) is 15.0. The SMILES string of the molecule is CN(C)CCCNC(=O)c1ccnc(C(=O)Nc2ccccc2Cl)c1. The lowest BCUT2D eigenvalue weighted by Crippen LogP contribution is -2.27. The smallest absolute Gasteiger partial charge is 0.274 e. The van der Waals surface area contributed by atoms with Crippen molar-refractivity contribution in [2.45, 2.75) is 6.42 Å². The van der Waals surface area contributed by atoms with Gasteiger partial charge in [0.05, 0.1) is 10.7 Å². The number of nitrogens with zero attached hydrogens (tertiary/aromatic N) is 2. The number of benzene rings is 1. The van der Waals surface area contributed by atoms with Crippen LogP contribution in [0, 0.1) is 0 Å². The Labute approximate surface area is 152 Å². The molecule has 6 nitrogen and oxygen atoms in total. The van der Waals surface area contributed by atoms with Gasteiger partial charge in [-0.25, -0.2) is 0 Å². The second-order valence-corrected chi connectivity index (χ2v) is 6.18. The largest absolute Gasteiger partial charge is 0.352 e. The van der Waals surface area contributed by atoms with E-state index >= 15 is 0 Å². The summed E-state index contributed by atoms with van der Waals surface area (Å²) in [7, 11) is 3.96. The van der Waals surface area contributed by atoms with Crippen molar-refractivity contribution in [3.05, 3.63) is 58.9 Å². The first-order valence-corrected chi connectivity index (χ1v) is 8.30. The van der Waals surface area contributed by atoms with Crippen LogP contribution in [0.4, 0.5) is 5.69 Å². The number of hydrogen-bond acceptors (Lipinski definition) is 4. The number of carbonyl (C=O) groups is 2. The van der Waals surface area contributed by atoms with Gasteiger partial charge >= 0.3 is 0 Å². The van der Waals surface area contributed by atoms with Crippen molar-refractivity contribution in [1.29, 1.82) is 0 Å². The number of pyridine rings is 1. The van der Waals surface area contributed by atoms with E-state index in [9.17, 15) is 9.59 Å². The summed E-state index contributed by atoms with van der Waals surface area (Å²) in [4.78, 5) is 30.6. The maximum atomic E-state index is 12.3. The molecular weight excluding hydrogens is 340 g/mol. The third kappa shape index (κ3) is 5.85. The lowest BCUT2D eigenvalue weighted by Gasteiger charge is -2.10. The van der Waals surface area contributed by atoms with Gasteiger partial charge in [0.25, 0.3) is 11.8 Å². The molecule has 0 radical (unpaired) electrons. The number of amides is 2. The highest BCUT2D eigenvalue weighted by atomic mass is 35.5. The summed E-state index contributed by atoms with van der Waals surface area (Å²) in [5.74, 6) is -0.650. The molecule has 1 aromatic carbocycles. The quantitative estimate of drug-likeness (QED) is 0.744. The van der Waals surface area contributed by atoms with Gasteiger partial charge in [-0.1, -0.05) is 23.7 Å². The lowest BCUT2D eigenvalue weighted by atomic mass is 10.2. The van der Waals surface area contributed by atoms with Crippen LogP contribution >= 0.6 is 11.6 Å². The molecule has 0 bridgehead atoms. The topological polar surface area (TPSA) is 74.3 Å². The van der Waals surface area contributed by atoms with Crippen molar-refractivity contribution in [2.24, 2.45) is 0 Å². The van der Waals surface area contributed by atoms with E-state index in [0.717, 1.165) is 13.0 Å². The van der Waals surface area contributed by atoms with Gasteiger partial charge in [-0.05, 0) is 51.3 Å². The second-order valence-electron chi connectivity index (χ2n) is 5.78. The van der Waals surface area contributed by atoms with Gasteiger partial charge in [0.2, 0.25) is 0 Å². The summed E-state index contributed by atoms with van der Waals surface area (Å²) in [5, 5.41) is 5.96. The average Bonchev–Trinajstić information content (AvgIpc) is 2.60. The highest BCUT2D eigenvalue weighted by Crippen LogP contribution is 2.21. The first-order valence-electron chi connectivity index (χ1n) is 7.92. The minimum atomic E-state index is -0.421. The van der Waals surface area contributed by atoms with Crippen molar-refractivity contribution >= 4 is 29.1 Å². The summed E-state index contributed by atoms with van der Waals surface area (Å²) in [6, 6.07) is 9.97. The van der Waals surface area contributed by atoms with Crippen LogP contribution in [0.5, 0.6) is 0 Å². The molecule has 1 heterocycles. The van der Waals surface area contributed by atoms with Gasteiger partial charge in [-0.2, -0.15) is 0 Å². The molecule has 0 spiro atoms. The molecule has 2 aromatic rings. The number of para-hydroxylation sites is 1. The van der Waals surface area contributed by atoms with Gasteiger partial charge in [0.1, 0.15) is 5.69 Å². The molecule has 0 atom stereocenters. The number of nitrogens with one attached hydrogen (secondary N) is 2. The third-order valence-corrected chi connectivity index (χ3v) is 3.77. The number of aromatic nitrogens is 1. The Morgan fingerprint density at radius 1 is 1.16 bits per heavy atom. The summed E-state index contributed by atoms with van der Waals surface area (Å²) in [5.41, 5.74) is 1.04. The van der Waals surface area contributed by atoms with Crippen LogP contribution in [0.1, 0.15) is 27.3 Å². The predicted octanol–water partition coefficient (Wildman–Crippen LogP) is 2.67. The zero-order chi connectivity index (χ0) is 18.2. The summed E-state index contributed by atoms with van der Waals surface area (Å²) in [6.07, 6.45) is 2.29. The van der Waals surface area contributed by atoms with Crippen molar-refractivity contribution in [3.63, 3.8) is 0 Å². The first-order chi connectivity index (χ1) is 12.0. The van der Waals surface area contributed by atoms with Crippen molar-refractivity contribution in [3.8, 4) is 0 Å². The molecule has 1 aromatic heterocycles. The summed E-state index contributed by atoms with van der Waals surface area (Å²) >= 11 is 6.03. The van der Waals surface area contributed by atoms with Crippen LogP contribution < -0.4 is 10.6 Å². The summed E-state index contributed by atoms with van der Waals surface area (Å²) < 4.78 is 0. The fourth-order valence-electron chi connectivity index (χ4n) is 2.14. The van der Waals surface area contributed by atoms with E-state index in [-0.39, 0.29) is 11.6 Å². The van der Waals surface area contributed by atoms with E-state index in [4.69, 9.17) is 11.6 Å². The standard InChI is InChI=1S/C18H21ClN4O2/c1-23(2)11-5-9-21-17(24)13-8-10-20-16(12-13)18(25)22-15-7-4-3-6-14(15)19/h3-4,6-8,10,12H,5,9,11H2,1-2H3,(H,21,24)(H,22,25). The first kappa shape index (κ1) is 18.9. The molecular formula is C18H21ClN4O2. The highest BCUT2D eigenvalue weighted by molar-refractivity contribution is 6.33. The Hall–Kier alpha value is -2.44. The molecule has 0 aliphatic heterocycles. The maximum absolute atomic E-state index is 12.3. The molecule has 0 aliphatic rings. The van der Waals surface area contributed by atoms with Gasteiger partial charge in [0.15, 0.2) is 0 Å². The molecule has 25 heavy (non-hydrogen) atoms. The minimum absolute atomic E-state index is 0.154. The van der Waals surface area contributed by atoms with E-state index in [2.05, 4.69) is 20.5 Å². The molecule has 0 fully saturated rings. The Kier molecular flexibility index (Phi) is 6.91. The molecule has 2 N–H and O–H groups in total. The number of anilines is 1. The molecule has 132 valence electrons. The molecule has 0 aliphatic carbocycles. The number of hydrogen-bond donors (Lipinski definition) is 2.